The first-order chi connectivity index (χ1) is 11.8. The van der Waals surface area contributed by atoms with E-state index in [1.54, 1.807) is 20.8 Å². The van der Waals surface area contributed by atoms with Crippen LogP contribution in [0, 0.1) is 5.21 Å². The maximum absolute atomic E-state index is 13.0. The molecular formula is C15H24NO8P. The van der Waals surface area contributed by atoms with E-state index in [0.717, 1.165) is 0 Å². The third kappa shape index (κ3) is 5.58. The molecule has 1 rings (SSSR count). The Bertz CT molecular complexity index is 582. The number of hydrogen-bond acceptors (Lipinski definition) is 8. The lowest BCUT2D eigenvalue weighted by Gasteiger charge is -2.28. The Balaban J connectivity index is 3.25. The van der Waals surface area contributed by atoms with Crippen molar-refractivity contribution in [3.8, 4) is 0 Å². The summed E-state index contributed by atoms with van der Waals surface area (Å²) in [7, 11) is -4.01. The molecule has 0 radical (unpaired) electrons. The number of rotatable bonds is 10. The van der Waals surface area contributed by atoms with Crippen LogP contribution in [0.25, 0.3) is 0 Å². The fourth-order valence-corrected chi connectivity index (χ4v) is 4.19. The highest BCUT2D eigenvalue weighted by molar-refractivity contribution is 7.55. The van der Waals surface area contributed by atoms with Crippen molar-refractivity contribution >= 4 is 19.3 Å². The summed E-state index contributed by atoms with van der Waals surface area (Å²) in [6, 6.07) is 5.22. The van der Waals surface area contributed by atoms with E-state index in [1.807, 2.05) is 0 Å². The van der Waals surface area contributed by atoms with Crippen molar-refractivity contribution in [2.45, 2.75) is 32.5 Å². The molecular weight excluding hydrogens is 353 g/mol. The lowest BCUT2D eigenvalue weighted by Crippen LogP contribution is -2.99. The number of benzene rings is 1. The average Bonchev–Trinajstić information content (AvgIpc) is 2.55. The Hall–Kier alpha value is -1.32. The maximum atomic E-state index is 13.0. The molecule has 0 aliphatic heterocycles. The van der Waals surface area contributed by atoms with Crippen molar-refractivity contribution in [2.75, 3.05) is 19.8 Å². The zero-order chi connectivity index (χ0) is 19.0. The summed E-state index contributed by atoms with van der Waals surface area (Å²) in [5.74, 6) is -0.914. The molecule has 1 aromatic carbocycles. The van der Waals surface area contributed by atoms with Crippen LogP contribution < -0.4 is 5.23 Å². The second kappa shape index (κ2) is 9.98. The van der Waals surface area contributed by atoms with Crippen LogP contribution in [-0.2, 0) is 23.1 Å². The highest BCUT2D eigenvalue weighted by Crippen LogP contribution is 2.57. The topological polar surface area (TPSA) is 130 Å². The number of esters is 1. The van der Waals surface area contributed by atoms with Gasteiger partial charge in [0.15, 0.2) is 11.3 Å². The maximum Gasteiger partial charge on any atom is 0.347 e. The van der Waals surface area contributed by atoms with Gasteiger partial charge in [-0.25, -0.2) is 5.21 Å². The van der Waals surface area contributed by atoms with Crippen molar-refractivity contribution in [2.24, 2.45) is 0 Å². The van der Waals surface area contributed by atoms with Gasteiger partial charge in [0.05, 0.1) is 19.8 Å². The van der Waals surface area contributed by atoms with Crippen LogP contribution in [0.4, 0.5) is 5.69 Å². The highest BCUT2D eigenvalue weighted by Gasteiger charge is 2.47. The Morgan fingerprint density at radius 1 is 1.16 bits per heavy atom. The standard InChI is InChI=1S/C15H24NO8P/c1-4-22-15(18)14(25(21,23-5-2)24-6-3)13(17)11-7-9-12(10-8-11)16(19)20/h7-10,13-14,16-17,19H,4-6H2,1-3H3. The smallest absolute Gasteiger partial charge is 0.347 e. The zero-order valence-corrected chi connectivity index (χ0v) is 15.3. The number of carbonyl (C=O) groups excluding carboxylic acids is 1. The number of aliphatic hydroxyl groups excluding tert-OH is 1. The van der Waals surface area contributed by atoms with Crippen molar-refractivity contribution in [3.05, 3.63) is 35.0 Å². The molecule has 0 heterocycles. The minimum Gasteiger partial charge on any atom is -0.595 e. The van der Waals surface area contributed by atoms with Gasteiger partial charge in [-0.3, -0.25) is 9.36 Å². The van der Waals surface area contributed by atoms with Crippen molar-refractivity contribution in [3.63, 3.8) is 0 Å². The molecule has 0 aromatic heterocycles. The van der Waals surface area contributed by atoms with Crippen molar-refractivity contribution in [1.82, 2.24) is 0 Å². The monoisotopic (exact) mass is 377 g/mol. The Morgan fingerprint density at radius 3 is 2.08 bits per heavy atom. The Labute approximate surface area is 146 Å². The fraction of sp³-hybridized carbons (Fsp3) is 0.533. The molecule has 0 amide bonds. The van der Waals surface area contributed by atoms with Crippen LogP contribution in [0.2, 0.25) is 0 Å². The van der Waals surface area contributed by atoms with E-state index in [9.17, 15) is 19.7 Å². The summed E-state index contributed by atoms with van der Waals surface area (Å²) in [6.45, 7) is 4.80. The van der Waals surface area contributed by atoms with Crippen LogP contribution in [0.5, 0.6) is 0 Å². The van der Waals surface area contributed by atoms with E-state index in [-0.39, 0.29) is 31.1 Å². The van der Waals surface area contributed by atoms with Gasteiger partial charge in [0, 0.05) is 12.1 Å². The predicted octanol–water partition coefficient (Wildman–Crippen LogP) is 1.32. The van der Waals surface area contributed by atoms with Crippen LogP contribution in [-0.4, -0.2) is 41.8 Å². The molecule has 9 nitrogen and oxygen atoms in total. The first-order valence-electron chi connectivity index (χ1n) is 7.87. The third-order valence-electron chi connectivity index (χ3n) is 3.29. The summed E-state index contributed by atoms with van der Waals surface area (Å²) < 4.78 is 28.3. The van der Waals surface area contributed by atoms with E-state index >= 15 is 0 Å². The van der Waals surface area contributed by atoms with Gasteiger partial charge in [0.2, 0.25) is 0 Å². The minimum atomic E-state index is -4.01. The molecule has 10 heteroatoms. The molecule has 0 fully saturated rings. The number of carbonyl (C=O) groups is 1. The van der Waals surface area contributed by atoms with E-state index in [0.29, 0.717) is 0 Å². The third-order valence-corrected chi connectivity index (χ3v) is 5.70. The molecule has 0 aliphatic carbocycles. The van der Waals surface area contributed by atoms with Crippen LogP contribution in [0.3, 0.4) is 0 Å². The molecule has 0 saturated carbocycles. The summed E-state index contributed by atoms with van der Waals surface area (Å²) in [5, 5.41) is 29.3. The average molecular weight is 377 g/mol. The van der Waals surface area contributed by atoms with Gasteiger partial charge in [-0.15, -0.1) is 0 Å². The number of ether oxygens (including phenoxy) is 1. The SMILES string of the molecule is CCOC(=O)C(C(O)c1ccc([NH+]([O-])O)cc1)P(=O)(OCC)OCC. The quantitative estimate of drug-likeness (QED) is 0.316. The summed E-state index contributed by atoms with van der Waals surface area (Å²) in [4.78, 5) is 12.3. The van der Waals surface area contributed by atoms with E-state index in [4.69, 9.17) is 19.0 Å². The second-order valence-corrected chi connectivity index (χ2v) is 7.10. The normalized spacial score (nSPS) is 15.4. The predicted molar refractivity (Wildman–Crippen MR) is 88.5 cm³/mol. The largest absolute Gasteiger partial charge is 0.595 e. The van der Waals surface area contributed by atoms with Crippen molar-refractivity contribution in [1.29, 1.82) is 0 Å². The fourth-order valence-electron chi connectivity index (χ4n) is 2.22. The van der Waals surface area contributed by atoms with Gasteiger partial charge in [0.1, 0.15) is 6.10 Å². The lowest BCUT2D eigenvalue weighted by molar-refractivity contribution is -0.991. The Morgan fingerprint density at radius 2 is 1.68 bits per heavy atom. The molecule has 0 saturated heterocycles. The molecule has 3 atom stereocenters. The van der Waals surface area contributed by atoms with Gasteiger partial charge in [-0.1, -0.05) is 12.1 Å². The number of aliphatic hydroxyl groups is 1. The molecule has 1 aromatic rings. The first kappa shape index (κ1) is 21.7. The van der Waals surface area contributed by atoms with Gasteiger partial charge >= 0.3 is 13.6 Å². The molecule has 0 bridgehead atoms. The van der Waals surface area contributed by atoms with Gasteiger partial charge in [-0.2, -0.15) is 5.23 Å². The second-order valence-electron chi connectivity index (χ2n) is 4.94. The summed E-state index contributed by atoms with van der Waals surface area (Å²) in [5.41, 5.74) is -1.37. The van der Waals surface area contributed by atoms with E-state index in [1.165, 1.54) is 24.3 Å². The first-order valence-corrected chi connectivity index (χ1v) is 9.48. The lowest BCUT2D eigenvalue weighted by atomic mass is 10.1. The molecule has 25 heavy (non-hydrogen) atoms. The highest BCUT2D eigenvalue weighted by atomic mass is 31.2. The number of nitrogens with one attached hydrogen (secondary N) is 1. The van der Waals surface area contributed by atoms with Crippen LogP contribution in [0.1, 0.15) is 32.4 Å². The Kier molecular flexibility index (Phi) is 8.67. The summed E-state index contributed by atoms with van der Waals surface area (Å²) >= 11 is 0. The molecule has 3 unspecified atom stereocenters. The van der Waals surface area contributed by atoms with Gasteiger partial charge in [-0.05, 0) is 26.3 Å². The van der Waals surface area contributed by atoms with Crippen LogP contribution in [0.15, 0.2) is 24.3 Å². The molecule has 3 N–H and O–H groups in total. The molecule has 142 valence electrons. The minimum absolute atomic E-state index is 0.0118. The zero-order valence-electron chi connectivity index (χ0n) is 14.4. The van der Waals surface area contributed by atoms with Gasteiger partial charge < -0.3 is 24.1 Å². The van der Waals surface area contributed by atoms with E-state index < -0.39 is 30.6 Å². The molecule has 0 spiro atoms. The van der Waals surface area contributed by atoms with E-state index in [2.05, 4.69) is 0 Å². The number of hydrogen-bond donors (Lipinski definition) is 3. The van der Waals surface area contributed by atoms with Crippen LogP contribution >= 0.6 is 7.60 Å². The molecule has 0 aliphatic rings. The number of quaternary nitrogens is 1. The summed E-state index contributed by atoms with van der Waals surface area (Å²) in [6.07, 6.45) is -1.55. The van der Waals surface area contributed by atoms with Gasteiger partial charge in [0.25, 0.3) is 0 Å². The van der Waals surface area contributed by atoms with Crippen molar-refractivity contribution < 1.29 is 38.7 Å².